The molecule has 1 aromatic carbocycles. The van der Waals surface area contributed by atoms with E-state index < -0.39 is 0 Å². The number of benzene rings is 1. The van der Waals surface area contributed by atoms with E-state index in [0.29, 0.717) is 13.0 Å². The summed E-state index contributed by atoms with van der Waals surface area (Å²) in [4.78, 5) is 13.8. The Hall–Kier alpha value is -1.79. The lowest BCUT2D eigenvalue weighted by Gasteiger charge is -2.23. The van der Waals surface area contributed by atoms with Crippen molar-refractivity contribution in [3.63, 3.8) is 0 Å². The third-order valence-corrected chi connectivity index (χ3v) is 2.77. The Morgan fingerprint density at radius 2 is 2.05 bits per heavy atom. The lowest BCUT2D eigenvalue weighted by molar-refractivity contribution is -0.132. The number of nitrogens with zero attached hydrogens (tertiary/aromatic N) is 1. The van der Waals surface area contributed by atoms with Gasteiger partial charge in [-0.1, -0.05) is 44.7 Å². The van der Waals surface area contributed by atoms with Crippen molar-refractivity contribution in [2.24, 2.45) is 5.41 Å². The van der Waals surface area contributed by atoms with Crippen LogP contribution in [0.3, 0.4) is 0 Å². The molecule has 108 valence electrons. The third kappa shape index (κ3) is 5.90. The fourth-order valence-electron chi connectivity index (χ4n) is 1.84. The predicted molar refractivity (Wildman–Crippen MR) is 81.0 cm³/mol. The quantitative estimate of drug-likeness (QED) is 0.859. The zero-order valence-electron chi connectivity index (χ0n) is 12.7. The summed E-state index contributed by atoms with van der Waals surface area (Å²) in [5.41, 5.74) is 1.90. The third-order valence-electron chi connectivity index (χ3n) is 2.77. The van der Waals surface area contributed by atoms with Gasteiger partial charge >= 0.3 is 0 Å². The van der Waals surface area contributed by atoms with Crippen molar-refractivity contribution in [3.05, 3.63) is 35.4 Å². The molecule has 0 heterocycles. The molecule has 1 aromatic rings. The smallest absolute Gasteiger partial charge is 0.223 e. The molecule has 0 aromatic heterocycles. The number of carbonyl (C=O) groups excluding carboxylic acids is 1. The topological polar surface area (TPSA) is 40.5 Å². The fourth-order valence-corrected chi connectivity index (χ4v) is 1.84. The van der Waals surface area contributed by atoms with E-state index in [1.807, 2.05) is 31.3 Å². The van der Waals surface area contributed by atoms with Crippen LogP contribution in [-0.4, -0.2) is 29.6 Å². The molecule has 1 amide bonds. The van der Waals surface area contributed by atoms with E-state index in [1.54, 1.807) is 4.90 Å². The van der Waals surface area contributed by atoms with Gasteiger partial charge in [0.2, 0.25) is 5.91 Å². The van der Waals surface area contributed by atoms with E-state index in [9.17, 15) is 4.79 Å². The maximum Gasteiger partial charge on any atom is 0.223 e. The van der Waals surface area contributed by atoms with Crippen LogP contribution in [-0.2, 0) is 11.3 Å². The van der Waals surface area contributed by atoms with Gasteiger partial charge in [0.15, 0.2) is 0 Å². The number of hydrogen-bond donors (Lipinski definition) is 1. The average molecular weight is 273 g/mol. The molecule has 3 heteroatoms. The second kappa shape index (κ2) is 7.12. The average Bonchev–Trinajstić information content (AvgIpc) is 2.34. The van der Waals surface area contributed by atoms with Crippen LogP contribution >= 0.6 is 0 Å². The molecule has 0 radical (unpaired) electrons. The predicted octanol–water partition coefficient (Wildman–Crippen LogP) is 2.43. The van der Waals surface area contributed by atoms with Crippen LogP contribution in [0.2, 0.25) is 0 Å². The molecule has 0 aliphatic rings. The van der Waals surface area contributed by atoms with Gasteiger partial charge < -0.3 is 10.0 Å². The Morgan fingerprint density at radius 1 is 1.35 bits per heavy atom. The highest BCUT2D eigenvalue weighted by atomic mass is 16.2. The van der Waals surface area contributed by atoms with E-state index >= 15 is 0 Å². The van der Waals surface area contributed by atoms with Crippen molar-refractivity contribution in [3.8, 4) is 11.8 Å². The summed E-state index contributed by atoms with van der Waals surface area (Å²) in [6.07, 6.45) is 0.535. The van der Waals surface area contributed by atoms with Gasteiger partial charge in [0.25, 0.3) is 0 Å². The largest absolute Gasteiger partial charge is 0.384 e. The highest BCUT2D eigenvalue weighted by Crippen LogP contribution is 2.20. The second-order valence-electron chi connectivity index (χ2n) is 6.15. The number of rotatable bonds is 3. The van der Waals surface area contributed by atoms with Gasteiger partial charge in [-0.05, 0) is 23.1 Å². The van der Waals surface area contributed by atoms with Gasteiger partial charge in [-0.15, -0.1) is 0 Å². The SMILES string of the molecule is CN(Cc1cccc(C#CCO)c1)C(=O)CC(C)(C)C. The number of hydrogen-bond acceptors (Lipinski definition) is 2. The van der Waals surface area contributed by atoms with Gasteiger partial charge in [-0.2, -0.15) is 0 Å². The molecule has 0 fully saturated rings. The zero-order valence-corrected chi connectivity index (χ0v) is 12.7. The first kappa shape index (κ1) is 16.3. The van der Waals surface area contributed by atoms with Crippen LogP contribution in [0, 0.1) is 17.3 Å². The Bertz CT molecular complexity index is 518. The van der Waals surface area contributed by atoms with E-state index in [-0.39, 0.29) is 17.9 Å². The molecule has 1 rings (SSSR count). The maximum absolute atomic E-state index is 12.1. The summed E-state index contributed by atoms with van der Waals surface area (Å²) in [6, 6.07) is 7.73. The molecule has 0 aliphatic heterocycles. The minimum atomic E-state index is -0.145. The van der Waals surface area contributed by atoms with Crippen LogP contribution in [0.15, 0.2) is 24.3 Å². The molecule has 0 aliphatic carbocycles. The summed E-state index contributed by atoms with van der Waals surface area (Å²) < 4.78 is 0. The van der Waals surface area contributed by atoms with Crippen molar-refractivity contribution in [1.82, 2.24) is 4.90 Å². The van der Waals surface area contributed by atoms with Crippen LogP contribution in [0.1, 0.15) is 38.3 Å². The normalized spacial score (nSPS) is 10.7. The Labute approximate surface area is 121 Å². The highest BCUT2D eigenvalue weighted by molar-refractivity contribution is 5.76. The first-order valence-corrected chi connectivity index (χ1v) is 6.74. The lowest BCUT2D eigenvalue weighted by Crippen LogP contribution is -2.29. The Morgan fingerprint density at radius 3 is 2.65 bits per heavy atom. The zero-order chi connectivity index (χ0) is 15.2. The molecule has 0 spiro atoms. The number of amides is 1. The molecule has 0 atom stereocenters. The van der Waals surface area contributed by atoms with Crippen LogP contribution in [0.4, 0.5) is 0 Å². The number of aliphatic hydroxyl groups excluding tert-OH is 1. The molecule has 20 heavy (non-hydrogen) atoms. The van der Waals surface area contributed by atoms with Crippen molar-refractivity contribution in [1.29, 1.82) is 0 Å². The van der Waals surface area contributed by atoms with Gasteiger partial charge in [0.05, 0.1) is 0 Å². The molecule has 0 unspecified atom stereocenters. The van der Waals surface area contributed by atoms with Crippen molar-refractivity contribution in [2.45, 2.75) is 33.7 Å². The first-order valence-electron chi connectivity index (χ1n) is 6.74. The van der Waals surface area contributed by atoms with Crippen LogP contribution in [0.5, 0.6) is 0 Å². The molecule has 0 saturated heterocycles. The summed E-state index contributed by atoms with van der Waals surface area (Å²) in [7, 11) is 1.82. The van der Waals surface area contributed by atoms with Gasteiger partial charge in [0, 0.05) is 25.6 Å². The Balaban J connectivity index is 2.70. The summed E-state index contributed by atoms with van der Waals surface area (Å²) >= 11 is 0. The minimum absolute atomic E-state index is 0.000205. The fraction of sp³-hybridized carbons (Fsp3) is 0.471. The molecular weight excluding hydrogens is 250 g/mol. The van der Waals surface area contributed by atoms with Gasteiger partial charge in [0.1, 0.15) is 6.61 Å². The maximum atomic E-state index is 12.1. The monoisotopic (exact) mass is 273 g/mol. The molecular formula is C17H23NO2. The highest BCUT2D eigenvalue weighted by Gasteiger charge is 2.18. The molecule has 1 N–H and O–H groups in total. The van der Waals surface area contributed by atoms with E-state index in [0.717, 1.165) is 11.1 Å². The first-order chi connectivity index (χ1) is 9.31. The number of carbonyl (C=O) groups is 1. The lowest BCUT2D eigenvalue weighted by atomic mass is 9.91. The van der Waals surface area contributed by atoms with Crippen molar-refractivity contribution in [2.75, 3.05) is 13.7 Å². The van der Waals surface area contributed by atoms with E-state index in [4.69, 9.17) is 5.11 Å². The standard InChI is InChI=1S/C17H23NO2/c1-17(2,3)12-16(20)18(4)13-15-8-5-7-14(11-15)9-6-10-19/h5,7-8,11,19H,10,12-13H2,1-4H3. The molecule has 0 bridgehead atoms. The van der Waals surface area contributed by atoms with Gasteiger partial charge in [-0.3, -0.25) is 4.79 Å². The van der Waals surface area contributed by atoms with Crippen molar-refractivity contribution < 1.29 is 9.90 Å². The van der Waals surface area contributed by atoms with E-state index in [1.165, 1.54) is 0 Å². The van der Waals surface area contributed by atoms with E-state index in [2.05, 4.69) is 32.6 Å². The minimum Gasteiger partial charge on any atom is -0.384 e. The summed E-state index contributed by atoms with van der Waals surface area (Å²) in [6.45, 7) is 6.61. The molecule has 3 nitrogen and oxygen atoms in total. The second-order valence-corrected chi connectivity index (χ2v) is 6.15. The van der Waals surface area contributed by atoms with Crippen molar-refractivity contribution >= 4 is 5.91 Å². The van der Waals surface area contributed by atoms with Crippen LogP contribution in [0.25, 0.3) is 0 Å². The number of aliphatic hydroxyl groups is 1. The summed E-state index contributed by atoms with van der Waals surface area (Å²) in [5, 5.41) is 8.70. The summed E-state index contributed by atoms with van der Waals surface area (Å²) in [5.74, 6) is 5.64. The van der Waals surface area contributed by atoms with Gasteiger partial charge in [-0.25, -0.2) is 0 Å². The Kier molecular flexibility index (Phi) is 5.79. The molecule has 0 saturated carbocycles. The van der Waals surface area contributed by atoms with Crippen LogP contribution < -0.4 is 0 Å².